The van der Waals surface area contributed by atoms with E-state index in [2.05, 4.69) is 41.8 Å². The molecule has 44 heavy (non-hydrogen) atoms. The fourth-order valence-corrected chi connectivity index (χ4v) is 7.78. The van der Waals surface area contributed by atoms with Crippen LogP contribution in [0.5, 0.6) is 11.5 Å². The minimum Gasteiger partial charge on any atom is -0.497 e. The van der Waals surface area contributed by atoms with E-state index in [4.69, 9.17) is 35.5 Å². The number of rotatable bonds is 8. The summed E-state index contributed by atoms with van der Waals surface area (Å²) in [7, 11) is 1.67. The first-order valence-corrected chi connectivity index (χ1v) is 15.8. The number of hydrogen-bond donors (Lipinski definition) is 1. The second-order valence-corrected chi connectivity index (χ2v) is 13.6. The number of nitrogens with zero attached hydrogens (tertiary/aromatic N) is 4. The molecule has 0 amide bonds. The van der Waals surface area contributed by atoms with Gasteiger partial charge in [-0.1, -0.05) is 23.7 Å². The van der Waals surface area contributed by atoms with Crippen LogP contribution in [0.4, 0.5) is 5.82 Å². The zero-order valence-corrected chi connectivity index (χ0v) is 26.8. The van der Waals surface area contributed by atoms with E-state index in [1.54, 1.807) is 7.11 Å². The molecule has 1 N–H and O–H groups in total. The van der Waals surface area contributed by atoms with Crippen molar-refractivity contribution >= 4 is 55.3 Å². The van der Waals surface area contributed by atoms with E-state index in [1.165, 1.54) is 6.33 Å². The number of aromatic nitrogens is 4. The number of benzene rings is 2. The highest BCUT2D eigenvalue weighted by Gasteiger charge is 2.76. The van der Waals surface area contributed by atoms with Crippen LogP contribution in [-0.2, 0) is 16.0 Å². The van der Waals surface area contributed by atoms with E-state index in [9.17, 15) is 0 Å². The molecule has 226 valence electrons. The monoisotopic (exact) mass is 675 g/mol. The second-order valence-electron chi connectivity index (χ2n) is 12.3. The van der Waals surface area contributed by atoms with Gasteiger partial charge in [-0.2, -0.15) is 0 Å². The maximum atomic E-state index is 6.55. The highest BCUT2D eigenvalue weighted by Crippen LogP contribution is 2.71. The Balaban J connectivity index is 1.03. The first-order chi connectivity index (χ1) is 21.2. The van der Waals surface area contributed by atoms with Gasteiger partial charge in [0, 0.05) is 29.6 Å². The Labute approximate surface area is 268 Å². The molecule has 0 spiro atoms. The van der Waals surface area contributed by atoms with Crippen molar-refractivity contribution in [3.8, 4) is 11.5 Å². The van der Waals surface area contributed by atoms with Crippen LogP contribution in [-0.4, -0.2) is 51.2 Å². The van der Waals surface area contributed by atoms with Crippen molar-refractivity contribution in [3.05, 3.63) is 82.3 Å². The molecule has 1 aliphatic heterocycles. The summed E-state index contributed by atoms with van der Waals surface area (Å²) < 4.78 is 28.0. The van der Waals surface area contributed by atoms with Crippen molar-refractivity contribution in [2.75, 3.05) is 19.0 Å². The average molecular weight is 677 g/mol. The van der Waals surface area contributed by atoms with Gasteiger partial charge < -0.3 is 28.8 Å². The van der Waals surface area contributed by atoms with Gasteiger partial charge in [0.2, 0.25) is 0 Å². The highest BCUT2D eigenvalue weighted by molar-refractivity contribution is 9.10. The van der Waals surface area contributed by atoms with Crippen molar-refractivity contribution in [3.63, 3.8) is 0 Å². The summed E-state index contributed by atoms with van der Waals surface area (Å²) in [6, 6.07) is 18.2. The van der Waals surface area contributed by atoms with Crippen molar-refractivity contribution in [2.45, 2.75) is 50.8 Å². The minimum atomic E-state index is -0.681. The van der Waals surface area contributed by atoms with Crippen molar-refractivity contribution in [1.82, 2.24) is 19.5 Å². The Morgan fingerprint density at radius 1 is 1.07 bits per heavy atom. The number of halogens is 2. The Hall–Kier alpha value is -3.44. The Morgan fingerprint density at radius 3 is 2.70 bits per heavy atom. The summed E-state index contributed by atoms with van der Waals surface area (Å²) in [5.74, 6) is 2.02. The van der Waals surface area contributed by atoms with Gasteiger partial charge in [0.1, 0.15) is 40.5 Å². The number of pyridine rings is 1. The quantitative estimate of drug-likeness (QED) is 0.173. The van der Waals surface area contributed by atoms with Gasteiger partial charge >= 0.3 is 0 Å². The van der Waals surface area contributed by atoms with Crippen LogP contribution in [0.2, 0.25) is 5.15 Å². The molecule has 9 nitrogen and oxygen atoms in total. The molecular formula is C33H31BrClN5O4. The molecule has 3 aliphatic rings. The minimum absolute atomic E-state index is 0.0591. The van der Waals surface area contributed by atoms with E-state index in [-0.39, 0.29) is 23.7 Å². The normalized spacial score (nSPS) is 26.5. The fraction of sp³-hybridized carbons (Fsp3) is 0.364. The predicted molar refractivity (Wildman–Crippen MR) is 171 cm³/mol. The third kappa shape index (κ3) is 4.62. The largest absolute Gasteiger partial charge is 0.497 e. The zero-order chi connectivity index (χ0) is 30.2. The number of methoxy groups -OCH3 is 1. The lowest BCUT2D eigenvalue weighted by atomic mass is 10.0. The second kappa shape index (κ2) is 10.3. The molecule has 5 aromatic rings. The first kappa shape index (κ1) is 28.1. The highest BCUT2D eigenvalue weighted by atomic mass is 79.9. The van der Waals surface area contributed by atoms with Gasteiger partial charge in [0.15, 0.2) is 5.79 Å². The molecule has 1 saturated heterocycles. The number of hydrogen-bond acceptors (Lipinski definition) is 8. The third-order valence-corrected chi connectivity index (χ3v) is 10.2. The molecule has 5 atom stereocenters. The van der Waals surface area contributed by atoms with Crippen LogP contribution in [0.15, 0.2) is 71.6 Å². The molecule has 0 unspecified atom stereocenters. The standard InChI is InChI=1S/C33H31BrClN5O4/c1-32(2)43-27-26(40-11-10-22-29(35)37-17-38-31(22)40)23-14-33(23,28(27)44-32)16-42-21-9-6-19-12-24(34)30(39-25(19)13-21)36-15-18-4-7-20(41-3)8-5-18/h4-13,17,23,26-28H,14-16H2,1-3H3,(H,36,39)/t23-,26-,27+,28+,33-/m1/s1. The van der Waals surface area contributed by atoms with E-state index < -0.39 is 5.79 Å². The predicted octanol–water partition coefficient (Wildman–Crippen LogP) is 7.18. The lowest BCUT2D eigenvalue weighted by Gasteiger charge is -2.24. The van der Waals surface area contributed by atoms with E-state index in [0.29, 0.717) is 24.2 Å². The Morgan fingerprint density at radius 2 is 1.89 bits per heavy atom. The van der Waals surface area contributed by atoms with Gasteiger partial charge in [-0.3, -0.25) is 0 Å². The fourth-order valence-electron chi connectivity index (χ4n) is 7.11. The van der Waals surface area contributed by atoms with Crippen molar-refractivity contribution in [1.29, 1.82) is 0 Å². The van der Waals surface area contributed by atoms with Crippen LogP contribution in [0.25, 0.3) is 21.9 Å². The summed E-state index contributed by atoms with van der Waals surface area (Å²) in [5.41, 5.74) is 2.64. The van der Waals surface area contributed by atoms with Gasteiger partial charge in [-0.05, 0) is 84.1 Å². The molecule has 11 heteroatoms. The van der Waals surface area contributed by atoms with Gasteiger partial charge in [0.25, 0.3) is 0 Å². The summed E-state index contributed by atoms with van der Waals surface area (Å²) in [6.45, 7) is 5.12. The van der Waals surface area contributed by atoms with E-state index in [0.717, 1.165) is 55.7 Å². The zero-order valence-electron chi connectivity index (χ0n) is 24.5. The van der Waals surface area contributed by atoms with E-state index >= 15 is 0 Å². The van der Waals surface area contributed by atoms with Gasteiger partial charge in [-0.25, -0.2) is 15.0 Å². The number of fused-ring (bicyclic) bond motifs is 5. The van der Waals surface area contributed by atoms with Crippen LogP contribution < -0.4 is 14.8 Å². The molecule has 4 heterocycles. The number of ether oxygens (including phenoxy) is 4. The number of nitrogens with one attached hydrogen (secondary N) is 1. The molecular weight excluding hydrogens is 646 g/mol. The Bertz CT molecular complexity index is 1900. The third-order valence-electron chi connectivity index (χ3n) is 9.27. The van der Waals surface area contributed by atoms with Crippen molar-refractivity contribution in [2.24, 2.45) is 11.3 Å². The summed E-state index contributed by atoms with van der Waals surface area (Å²) in [5, 5.41) is 5.76. The molecule has 0 bridgehead atoms. The molecule has 2 aliphatic carbocycles. The lowest BCUT2D eigenvalue weighted by Crippen LogP contribution is -2.34. The van der Waals surface area contributed by atoms with Crippen LogP contribution >= 0.6 is 27.5 Å². The average Bonchev–Trinajstić information content (AvgIpc) is 3.26. The Kier molecular flexibility index (Phi) is 6.57. The maximum Gasteiger partial charge on any atom is 0.163 e. The van der Waals surface area contributed by atoms with Crippen LogP contribution in [0.3, 0.4) is 0 Å². The van der Waals surface area contributed by atoms with Gasteiger partial charge in [0.05, 0.1) is 41.2 Å². The van der Waals surface area contributed by atoms with Gasteiger partial charge in [-0.15, -0.1) is 0 Å². The molecule has 2 saturated carbocycles. The first-order valence-electron chi connectivity index (χ1n) is 14.7. The van der Waals surface area contributed by atoms with Crippen LogP contribution in [0.1, 0.15) is 31.9 Å². The smallest absolute Gasteiger partial charge is 0.163 e. The molecule has 2 aromatic carbocycles. The molecule has 0 radical (unpaired) electrons. The molecule has 3 aromatic heterocycles. The van der Waals surface area contributed by atoms with Crippen LogP contribution in [0, 0.1) is 11.3 Å². The van der Waals surface area contributed by atoms with E-state index in [1.807, 2.05) is 68.6 Å². The maximum absolute atomic E-state index is 6.55. The number of anilines is 1. The SMILES string of the molecule is COc1ccc(CNc2nc3cc(OC[C@]45C[C@@H]4[C@@H](n4ccc6c(Cl)ncnc64)[C@@H]4OC(C)(C)O[C@@H]45)ccc3cc2Br)cc1. The molecule has 8 rings (SSSR count). The van der Waals surface area contributed by atoms with Crippen molar-refractivity contribution < 1.29 is 18.9 Å². The summed E-state index contributed by atoms with van der Waals surface area (Å²) in [6.07, 6.45) is 4.33. The lowest BCUT2D eigenvalue weighted by molar-refractivity contribution is -0.162. The summed E-state index contributed by atoms with van der Waals surface area (Å²) in [4.78, 5) is 13.6. The summed E-state index contributed by atoms with van der Waals surface area (Å²) >= 11 is 10.1. The topological polar surface area (TPSA) is 92.6 Å². The molecule has 3 fully saturated rings.